The Balaban J connectivity index is 1.54. The lowest BCUT2D eigenvalue weighted by molar-refractivity contribution is -0.115. The number of carbonyl (C=O) groups is 1. The molecular formula is C23H29BrFN3O. The van der Waals surface area contributed by atoms with Crippen molar-refractivity contribution < 1.29 is 9.18 Å². The van der Waals surface area contributed by atoms with Gasteiger partial charge >= 0.3 is 0 Å². The summed E-state index contributed by atoms with van der Waals surface area (Å²) < 4.78 is 15.6. The van der Waals surface area contributed by atoms with Gasteiger partial charge in [0, 0.05) is 47.4 Å². The highest BCUT2D eigenvalue weighted by Crippen LogP contribution is 2.39. The maximum Gasteiger partial charge on any atom is 0.253 e. The van der Waals surface area contributed by atoms with Crippen molar-refractivity contribution in [1.82, 2.24) is 9.78 Å². The molecule has 1 saturated carbocycles. The van der Waals surface area contributed by atoms with Crippen LogP contribution in [0.3, 0.4) is 0 Å². The number of aromatic nitrogens is 2. The van der Waals surface area contributed by atoms with Crippen LogP contribution < -0.4 is 4.90 Å². The normalized spacial score (nSPS) is 13.5. The van der Waals surface area contributed by atoms with Crippen LogP contribution in [-0.2, 0) is 18.3 Å². The Morgan fingerprint density at radius 1 is 1.31 bits per heavy atom. The van der Waals surface area contributed by atoms with Crippen LogP contribution in [0, 0.1) is 0 Å². The highest BCUT2D eigenvalue weighted by Gasteiger charge is 2.26. The standard InChI is InChI=1S/C23H29BrFN3O/c1-17(12-13-25)23(29)28(21-9-6-7-19(24)15-21)14-5-3-4-8-20-16-22(18-10-11-18)26-27(20)2/h6-7,9,15-16,18H,1,3-5,8,10-14H2,2H3. The molecule has 2 aromatic rings. The van der Waals surface area contributed by atoms with Crippen molar-refractivity contribution in [2.75, 3.05) is 18.1 Å². The Morgan fingerprint density at radius 2 is 2.10 bits per heavy atom. The number of rotatable bonds is 11. The van der Waals surface area contributed by atoms with Gasteiger partial charge in [0.2, 0.25) is 0 Å². The maximum absolute atomic E-state index is 12.8. The summed E-state index contributed by atoms with van der Waals surface area (Å²) >= 11 is 3.46. The van der Waals surface area contributed by atoms with E-state index in [1.807, 2.05) is 36.0 Å². The van der Waals surface area contributed by atoms with E-state index in [0.29, 0.717) is 18.0 Å². The number of hydrogen-bond donors (Lipinski definition) is 0. The first-order valence-electron chi connectivity index (χ1n) is 10.3. The summed E-state index contributed by atoms with van der Waals surface area (Å²) in [5.74, 6) is 0.485. The van der Waals surface area contributed by atoms with Gasteiger partial charge in [0.15, 0.2) is 0 Å². The summed E-state index contributed by atoms with van der Waals surface area (Å²) in [6.45, 7) is 3.81. The Bertz CT molecular complexity index is 860. The van der Waals surface area contributed by atoms with Gasteiger partial charge in [-0.25, -0.2) is 0 Å². The van der Waals surface area contributed by atoms with E-state index < -0.39 is 6.67 Å². The average molecular weight is 462 g/mol. The number of alkyl halides is 1. The van der Waals surface area contributed by atoms with Crippen LogP contribution in [-0.4, -0.2) is 28.9 Å². The van der Waals surface area contributed by atoms with Gasteiger partial charge in [0.05, 0.1) is 12.4 Å². The van der Waals surface area contributed by atoms with Gasteiger partial charge in [-0.3, -0.25) is 13.9 Å². The zero-order valence-electron chi connectivity index (χ0n) is 17.0. The summed E-state index contributed by atoms with van der Waals surface area (Å²) in [7, 11) is 2.02. The Hall–Kier alpha value is -1.95. The molecule has 1 fully saturated rings. The summed E-state index contributed by atoms with van der Waals surface area (Å²) in [6, 6.07) is 9.88. The molecule has 156 valence electrons. The molecule has 0 spiro atoms. The van der Waals surface area contributed by atoms with Gasteiger partial charge in [0.25, 0.3) is 5.91 Å². The summed E-state index contributed by atoms with van der Waals surface area (Å²) in [4.78, 5) is 14.5. The molecule has 0 aliphatic heterocycles. The monoisotopic (exact) mass is 461 g/mol. The third-order valence-electron chi connectivity index (χ3n) is 5.37. The van der Waals surface area contributed by atoms with E-state index in [2.05, 4.69) is 33.7 Å². The third kappa shape index (κ3) is 6.01. The van der Waals surface area contributed by atoms with Crippen molar-refractivity contribution in [1.29, 1.82) is 0 Å². The van der Waals surface area contributed by atoms with Gasteiger partial charge in [-0.05, 0) is 56.4 Å². The zero-order chi connectivity index (χ0) is 20.8. The summed E-state index contributed by atoms with van der Waals surface area (Å²) in [5.41, 5.74) is 3.64. The number of hydrogen-bond acceptors (Lipinski definition) is 2. The number of carbonyl (C=O) groups excluding carboxylic acids is 1. The summed E-state index contributed by atoms with van der Waals surface area (Å²) in [6.07, 6.45) is 6.55. The van der Waals surface area contributed by atoms with E-state index >= 15 is 0 Å². The number of halogens is 2. The molecule has 0 unspecified atom stereocenters. The van der Waals surface area contributed by atoms with Crippen LogP contribution in [0.4, 0.5) is 10.1 Å². The van der Waals surface area contributed by atoms with Crippen molar-refractivity contribution in [3.63, 3.8) is 0 Å². The van der Waals surface area contributed by atoms with Gasteiger partial charge in [-0.1, -0.05) is 35.0 Å². The van der Waals surface area contributed by atoms with E-state index in [9.17, 15) is 9.18 Å². The number of nitrogens with zero attached hydrogens (tertiary/aromatic N) is 3. The maximum atomic E-state index is 12.8. The Kier molecular flexibility index (Phi) is 7.64. The molecule has 29 heavy (non-hydrogen) atoms. The predicted molar refractivity (Wildman–Crippen MR) is 119 cm³/mol. The minimum absolute atomic E-state index is 0.0765. The van der Waals surface area contributed by atoms with E-state index in [4.69, 9.17) is 0 Å². The molecule has 1 aromatic carbocycles. The van der Waals surface area contributed by atoms with Crippen molar-refractivity contribution in [3.8, 4) is 0 Å². The summed E-state index contributed by atoms with van der Waals surface area (Å²) in [5, 5.41) is 4.63. The smallest absolute Gasteiger partial charge is 0.253 e. The number of amides is 1. The molecule has 1 amide bonds. The molecule has 0 bridgehead atoms. The first kappa shape index (κ1) is 21.8. The lowest BCUT2D eigenvalue weighted by Crippen LogP contribution is -2.33. The van der Waals surface area contributed by atoms with E-state index in [1.165, 1.54) is 24.2 Å². The predicted octanol–water partition coefficient (Wildman–Crippen LogP) is 5.72. The lowest BCUT2D eigenvalue weighted by atomic mass is 10.1. The van der Waals surface area contributed by atoms with Crippen LogP contribution in [0.2, 0.25) is 0 Å². The van der Waals surface area contributed by atoms with Crippen molar-refractivity contribution in [2.45, 2.75) is 50.9 Å². The van der Waals surface area contributed by atoms with E-state index in [1.54, 1.807) is 4.90 Å². The molecule has 0 N–H and O–H groups in total. The molecule has 6 heteroatoms. The molecule has 1 aliphatic rings. The fourth-order valence-electron chi connectivity index (χ4n) is 3.50. The van der Waals surface area contributed by atoms with Crippen LogP contribution in [0.15, 0.2) is 47.0 Å². The molecule has 1 heterocycles. The lowest BCUT2D eigenvalue weighted by Gasteiger charge is -2.24. The van der Waals surface area contributed by atoms with Crippen molar-refractivity contribution >= 4 is 27.5 Å². The molecule has 3 rings (SSSR count). The number of aryl methyl sites for hydroxylation is 2. The quantitative estimate of drug-likeness (QED) is 0.316. The second kappa shape index (κ2) is 10.2. The molecule has 1 aliphatic carbocycles. The van der Waals surface area contributed by atoms with Crippen LogP contribution >= 0.6 is 15.9 Å². The van der Waals surface area contributed by atoms with Gasteiger partial charge in [-0.15, -0.1) is 0 Å². The number of anilines is 1. The fourth-order valence-corrected chi connectivity index (χ4v) is 3.89. The van der Waals surface area contributed by atoms with Gasteiger partial charge in [-0.2, -0.15) is 5.10 Å². The SMILES string of the molecule is C=C(CCF)C(=O)N(CCCCCc1cc(C2CC2)nn1C)c1cccc(Br)c1. The zero-order valence-corrected chi connectivity index (χ0v) is 18.6. The second-order valence-electron chi connectivity index (χ2n) is 7.75. The minimum Gasteiger partial charge on any atom is -0.309 e. The van der Waals surface area contributed by atoms with Gasteiger partial charge < -0.3 is 4.90 Å². The first-order valence-corrected chi connectivity index (χ1v) is 11.1. The molecule has 4 nitrogen and oxygen atoms in total. The van der Waals surface area contributed by atoms with Crippen LogP contribution in [0.1, 0.15) is 55.8 Å². The van der Waals surface area contributed by atoms with Crippen LogP contribution in [0.5, 0.6) is 0 Å². The molecule has 0 radical (unpaired) electrons. The molecule has 1 aromatic heterocycles. The van der Waals surface area contributed by atoms with E-state index in [0.717, 1.165) is 35.8 Å². The largest absolute Gasteiger partial charge is 0.309 e. The Morgan fingerprint density at radius 3 is 2.79 bits per heavy atom. The topological polar surface area (TPSA) is 38.1 Å². The Labute approximate surface area is 180 Å². The average Bonchev–Trinajstić information content (AvgIpc) is 3.48. The van der Waals surface area contributed by atoms with E-state index in [-0.39, 0.29) is 12.3 Å². The van der Waals surface area contributed by atoms with Crippen molar-refractivity contribution in [3.05, 3.63) is 58.3 Å². The first-order chi connectivity index (χ1) is 14.0. The highest BCUT2D eigenvalue weighted by molar-refractivity contribution is 9.10. The van der Waals surface area contributed by atoms with Crippen molar-refractivity contribution in [2.24, 2.45) is 7.05 Å². The second-order valence-corrected chi connectivity index (χ2v) is 8.66. The fraction of sp³-hybridized carbons (Fsp3) is 0.478. The number of benzene rings is 1. The third-order valence-corrected chi connectivity index (χ3v) is 5.86. The minimum atomic E-state index is -0.565. The molecular weight excluding hydrogens is 433 g/mol. The molecule has 0 saturated heterocycles. The number of unbranched alkanes of at least 4 members (excludes halogenated alkanes) is 2. The molecule has 0 atom stereocenters. The van der Waals surface area contributed by atoms with Gasteiger partial charge in [0.1, 0.15) is 0 Å². The highest BCUT2D eigenvalue weighted by atomic mass is 79.9. The van der Waals surface area contributed by atoms with Crippen LogP contribution in [0.25, 0.3) is 0 Å².